The zero-order valence-electron chi connectivity index (χ0n) is 11.6. The molecule has 0 saturated heterocycles. The van der Waals surface area contributed by atoms with Crippen LogP contribution in [-0.2, 0) is 12.2 Å². The third-order valence-electron chi connectivity index (χ3n) is 3.69. The molecule has 3 heteroatoms. The van der Waals surface area contributed by atoms with E-state index in [2.05, 4.69) is 12.6 Å². The van der Waals surface area contributed by atoms with Gasteiger partial charge in [0, 0.05) is 23.3 Å². The lowest BCUT2D eigenvalue weighted by Gasteiger charge is -2.13. The average molecular weight is 288 g/mol. The van der Waals surface area contributed by atoms with Gasteiger partial charge < -0.3 is 0 Å². The lowest BCUT2D eigenvalue weighted by molar-refractivity contribution is 0.0992. The molecule has 0 aliphatic heterocycles. The van der Waals surface area contributed by atoms with E-state index in [0.717, 1.165) is 16.7 Å². The van der Waals surface area contributed by atoms with Gasteiger partial charge in [-0.25, -0.2) is 4.39 Å². The third kappa shape index (κ3) is 2.93. The van der Waals surface area contributed by atoms with Gasteiger partial charge in [-0.15, -0.1) is 0 Å². The Kier molecular flexibility index (Phi) is 4.61. The number of carbonyl (C=O) groups is 1. The molecule has 1 nitrogen and oxygen atoms in total. The Hall–Kier alpha value is -1.61. The van der Waals surface area contributed by atoms with Crippen LogP contribution in [0.15, 0.2) is 36.4 Å². The second-order valence-electron chi connectivity index (χ2n) is 4.87. The molecule has 104 valence electrons. The number of carbonyl (C=O) groups excluding carboxylic acids is 1. The Morgan fingerprint density at radius 3 is 2.40 bits per heavy atom. The van der Waals surface area contributed by atoms with E-state index in [-0.39, 0.29) is 18.0 Å². The van der Waals surface area contributed by atoms with Gasteiger partial charge in [0.05, 0.1) is 0 Å². The molecule has 2 rings (SSSR count). The monoisotopic (exact) mass is 288 g/mol. The van der Waals surface area contributed by atoms with Crippen molar-refractivity contribution in [2.75, 3.05) is 0 Å². The van der Waals surface area contributed by atoms with Crippen LogP contribution in [0.3, 0.4) is 0 Å². The van der Waals surface area contributed by atoms with E-state index < -0.39 is 0 Å². The highest BCUT2D eigenvalue weighted by molar-refractivity contribution is 7.79. The van der Waals surface area contributed by atoms with Crippen LogP contribution < -0.4 is 0 Å². The summed E-state index contributed by atoms with van der Waals surface area (Å²) in [6, 6.07) is 10.6. The molecule has 0 amide bonds. The lowest BCUT2D eigenvalue weighted by Crippen LogP contribution is -2.07. The first-order valence-electron chi connectivity index (χ1n) is 6.51. The first-order valence-corrected chi connectivity index (χ1v) is 7.14. The van der Waals surface area contributed by atoms with Crippen molar-refractivity contribution in [1.29, 1.82) is 0 Å². The normalized spacial score (nSPS) is 10.6. The number of rotatable bonds is 4. The van der Waals surface area contributed by atoms with Crippen LogP contribution in [0.1, 0.15) is 32.6 Å². The van der Waals surface area contributed by atoms with Crippen LogP contribution in [0.2, 0.25) is 0 Å². The lowest BCUT2D eigenvalue weighted by atomic mass is 9.93. The van der Waals surface area contributed by atoms with E-state index in [1.165, 1.54) is 6.07 Å². The molecular weight excluding hydrogens is 271 g/mol. The molecule has 0 aromatic heterocycles. The molecular formula is C17H17FOS. The van der Waals surface area contributed by atoms with Crippen LogP contribution in [-0.4, -0.2) is 5.78 Å². The number of benzene rings is 2. The fraction of sp³-hybridized carbons (Fsp3) is 0.235. The summed E-state index contributed by atoms with van der Waals surface area (Å²) in [5, 5.41) is 0. The van der Waals surface area contributed by atoms with Crippen LogP contribution in [0.5, 0.6) is 0 Å². The summed E-state index contributed by atoms with van der Waals surface area (Å²) in [7, 11) is 0. The van der Waals surface area contributed by atoms with Gasteiger partial charge in [0.25, 0.3) is 0 Å². The van der Waals surface area contributed by atoms with Crippen LogP contribution in [0, 0.1) is 19.7 Å². The van der Waals surface area contributed by atoms with Gasteiger partial charge in [-0.2, -0.15) is 12.6 Å². The second-order valence-corrected chi connectivity index (χ2v) is 5.19. The fourth-order valence-corrected chi connectivity index (χ4v) is 2.66. The van der Waals surface area contributed by atoms with Crippen molar-refractivity contribution in [1.82, 2.24) is 0 Å². The average Bonchev–Trinajstić information content (AvgIpc) is 2.46. The van der Waals surface area contributed by atoms with Gasteiger partial charge >= 0.3 is 0 Å². The summed E-state index contributed by atoms with van der Waals surface area (Å²) in [4.78, 5) is 12.2. The molecule has 0 aliphatic rings. The Balaban J connectivity index is 2.33. The highest BCUT2D eigenvalue weighted by atomic mass is 32.1. The highest BCUT2D eigenvalue weighted by Crippen LogP contribution is 2.24. The van der Waals surface area contributed by atoms with Crippen molar-refractivity contribution in [2.45, 2.75) is 26.0 Å². The van der Waals surface area contributed by atoms with Crippen LogP contribution in [0.4, 0.5) is 4.39 Å². The van der Waals surface area contributed by atoms with E-state index in [0.29, 0.717) is 16.9 Å². The minimum Gasteiger partial charge on any atom is -0.294 e. The summed E-state index contributed by atoms with van der Waals surface area (Å²) in [5.41, 5.74) is 3.87. The molecule has 0 fully saturated rings. The molecule has 0 heterocycles. The molecule has 0 unspecified atom stereocenters. The zero-order chi connectivity index (χ0) is 14.7. The SMILES string of the molecule is Cc1c(CC(=O)c2ccccc2)cc(F)c(CS)c1C. The number of ketones is 1. The fourth-order valence-electron chi connectivity index (χ4n) is 2.27. The van der Waals surface area contributed by atoms with Gasteiger partial charge in [-0.1, -0.05) is 30.3 Å². The van der Waals surface area contributed by atoms with E-state index in [1.54, 1.807) is 12.1 Å². The number of hydrogen-bond donors (Lipinski definition) is 1. The van der Waals surface area contributed by atoms with Crippen molar-refractivity contribution in [2.24, 2.45) is 0 Å². The van der Waals surface area contributed by atoms with Crippen molar-refractivity contribution in [3.8, 4) is 0 Å². The Labute approximate surface area is 124 Å². The summed E-state index contributed by atoms with van der Waals surface area (Å²) in [6.07, 6.45) is 0.223. The van der Waals surface area contributed by atoms with Crippen molar-refractivity contribution in [3.05, 3.63) is 70.0 Å². The number of Topliss-reactive ketones (excluding diaryl/α,β-unsaturated/α-hetero) is 1. The van der Waals surface area contributed by atoms with Gasteiger partial charge in [-0.3, -0.25) is 4.79 Å². The van der Waals surface area contributed by atoms with E-state index in [1.807, 2.05) is 32.0 Å². The molecule has 2 aromatic carbocycles. The maximum absolute atomic E-state index is 14.0. The molecule has 0 saturated carbocycles. The summed E-state index contributed by atoms with van der Waals surface area (Å²) >= 11 is 4.15. The maximum Gasteiger partial charge on any atom is 0.167 e. The maximum atomic E-state index is 14.0. The predicted molar refractivity (Wildman–Crippen MR) is 83.0 cm³/mol. The van der Waals surface area contributed by atoms with E-state index >= 15 is 0 Å². The van der Waals surface area contributed by atoms with E-state index in [4.69, 9.17) is 0 Å². The third-order valence-corrected chi connectivity index (χ3v) is 4.01. The summed E-state index contributed by atoms with van der Waals surface area (Å²) in [6.45, 7) is 3.80. The van der Waals surface area contributed by atoms with Gasteiger partial charge in [0.15, 0.2) is 5.78 Å². The quantitative estimate of drug-likeness (QED) is 0.656. The molecule has 0 radical (unpaired) electrons. The molecule has 2 aromatic rings. The molecule has 20 heavy (non-hydrogen) atoms. The molecule has 0 aliphatic carbocycles. The first kappa shape index (κ1) is 14.8. The van der Waals surface area contributed by atoms with Crippen LogP contribution >= 0.6 is 12.6 Å². The Morgan fingerprint density at radius 2 is 1.80 bits per heavy atom. The number of hydrogen-bond acceptors (Lipinski definition) is 2. The minimum absolute atomic E-state index is 0.00567. The number of thiol groups is 1. The zero-order valence-corrected chi connectivity index (χ0v) is 12.5. The van der Waals surface area contributed by atoms with Crippen molar-refractivity contribution in [3.63, 3.8) is 0 Å². The second kappa shape index (κ2) is 6.23. The molecule has 0 bridgehead atoms. The first-order chi connectivity index (χ1) is 9.54. The standard InChI is InChI=1S/C17H17FOS/c1-11-12(2)15(10-20)16(18)8-14(11)9-17(19)13-6-4-3-5-7-13/h3-8,20H,9-10H2,1-2H3. The van der Waals surface area contributed by atoms with Crippen molar-refractivity contribution >= 4 is 18.4 Å². The smallest absolute Gasteiger partial charge is 0.167 e. The highest BCUT2D eigenvalue weighted by Gasteiger charge is 2.14. The summed E-state index contributed by atoms with van der Waals surface area (Å²) < 4.78 is 14.0. The van der Waals surface area contributed by atoms with Gasteiger partial charge in [0.2, 0.25) is 0 Å². The molecule has 0 spiro atoms. The van der Waals surface area contributed by atoms with Gasteiger partial charge in [-0.05, 0) is 36.6 Å². The van der Waals surface area contributed by atoms with Crippen molar-refractivity contribution < 1.29 is 9.18 Å². The largest absolute Gasteiger partial charge is 0.294 e. The van der Waals surface area contributed by atoms with Crippen LogP contribution in [0.25, 0.3) is 0 Å². The Morgan fingerprint density at radius 1 is 1.15 bits per heavy atom. The number of halogens is 1. The van der Waals surface area contributed by atoms with E-state index in [9.17, 15) is 9.18 Å². The minimum atomic E-state index is -0.279. The topological polar surface area (TPSA) is 17.1 Å². The predicted octanol–water partition coefficient (Wildman–Crippen LogP) is 4.30. The van der Waals surface area contributed by atoms with Gasteiger partial charge in [0.1, 0.15) is 5.82 Å². The molecule has 0 N–H and O–H groups in total. The molecule has 0 atom stereocenters. The Bertz CT molecular complexity index is 635. The summed E-state index contributed by atoms with van der Waals surface area (Å²) in [5.74, 6) is 0.0934.